The molecule has 0 aliphatic carbocycles. The Balaban J connectivity index is 1.75. The van der Waals surface area contributed by atoms with E-state index in [0.717, 1.165) is 0 Å². The summed E-state index contributed by atoms with van der Waals surface area (Å²) in [5.41, 5.74) is 2.82. The number of halogens is 1. The minimum atomic E-state index is -0.537. The maximum Gasteiger partial charge on any atom is 0.281 e. The summed E-state index contributed by atoms with van der Waals surface area (Å²) in [7, 11) is 1.47. The van der Waals surface area contributed by atoms with Crippen LogP contribution in [-0.2, 0) is 0 Å². The van der Waals surface area contributed by atoms with Gasteiger partial charge in [-0.3, -0.25) is 14.9 Å². The van der Waals surface area contributed by atoms with Crippen LogP contribution in [0.1, 0.15) is 16.1 Å². The van der Waals surface area contributed by atoms with E-state index in [-0.39, 0.29) is 22.0 Å². The lowest BCUT2D eigenvalue weighted by atomic mass is 10.1. The number of nitrogens with zero attached hydrogens (tertiary/aromatic N) is 2. The summed E-state index contributed by atoms with van der Waals surface area (Å²) in [5, 5.41) is 15.3. The number of carbonyl (C=O) groups is 1. The largest absolute Gasteiger partial charge is 0.496 e. The van der Waals surface area contributed by atoms with E-state index in [9.17, 15) is 14.9 Å². The van der Waals surface area contributed by atoms with Crippen molar-refractivity contribution in [2.75, 3.05) is 7.11 Å². The van der Waals surface area contributed by atoms with Gasteiger partial charge in [0.05, 0.1) is 29.4 Å². The molecule has 0 bridgehead atoms. The fourth-order valence-corrected chi connectivity index (χ4v) is 2.64. The van der Waals surface area contributed by atoms with Gasteiger partial charge in [-0.1, -0.05) is 23.7 Å². The van der Waals surface area contributed by atoms with Crippen molar-refractivity contribution >= 4 is 29.4 Å². The Morgan fingerprint density at radius 1 is 1.25 bits per heavy atom. The molecule has 0 fully saturated rings. The Morgan fingerprint density at radius 3 is 2.79 bits per heavy atom. The molecule has 142 valence electrons. The number of benzene rings is 2. The van der Waals surface area contributed by atoms with E-state index in [4.69, 9.17) is 20.8 Å². The number of ether oxygens (including phenoxy) is 1. The number of hydrogen-bond donors (Lipinski definition) is 1. The first-order chi connectivity index (χ1) is 13.5. The third-order valence-corrected chi connectivity index (χ3v) is 3.99. The average Bonchev–Trinajstić information content (AvgIpc) is 3.16. The summed E-state index contributed by atoms with van der Waals surface area (Å²) in [4.78, 5) is 22.8. The van der Waals surface area contributed by atoms with E-state index < -0.39 is 10.8 Å². The number of para-hydroxylation sites is 1. The van der Waals surface area contributed by atoms with Crippen molar-refractivity contribution in [3.8, 4) is 17.1 Å². The number of nitro benzene ring substituents is 1. The first kappa shape index (κ1) is 19.1. The van der Waals surface area contributed by atoms with Gasteiger partial charge in [-0.05, 0) is 36.4 Å². The van der Waals surface area contributed by atoms with E-state index in [1.54, 1.807) is 36.4 Å². The molecule has 9 heteroatoms. The molecule has 1 N–H and O–H groups in total. The molecule has 1 heterocycles. The topological polar surface area (TPSA) is 107 Å². The number of carbonyl (C=O) groups excluding carboxylic acids is 1. The van der Waals surface area contributed by atoms with Gasteiger partial charge in [0.1, 0.15) is 17.3 Å². The third-order valence-electron chi connectivity index (χ3n) is 3.76. The summed E-state index contributed by atoms with van der Waals surface area (Å²) < 4.78 is 10.7. The van der Waals surface area contributed by atoms with E-state index >= 15 is 0 Å². The SMILES string of the molecule is COc1ccccc1C(=O)N/N=C\c1ccc(-c2ccc(Cl)cc2[N+](=O)[O-])o1. The van der Waals surface area contributed by atoms with E-state index in [1.807, 2.05) is 0 Å². The van der Waals surface area contributed by atoms with Gasteiger partial charge in [0.2, 0.25) is 0 Å². The monoisotopic (exact) mass is 399 g/mol. The minimum Gasteiger partial charge on any atom is -0.496 e. The van der Waals surface area contributed by atoms with Crippen LogP contribution in [0.2, 0.25) is 5.02 Å². The summed E-state index contributed by atoms with van der Waals surface area (Å²) in [6.07, 6.45) is 1.29. The molecule has 0 radical (unpaired) electrons. The van der Waals surface area contributed by atoms with Gasteiger partial charge >= 0.3 is 0 Å². The van der Waals surface area contributed by atoms with Gasteiger partial charge in [0.15, 0.2) is 0 Å². The van der Waals surface area contributed by atoms with Crippen molar-refractivity contribution in [1.29, 1.82) is 0 Å². The van der Waals surface area contributed by atoms with Gasteiger partial charge < -0.3 is 9.15 Å². The van der Waals surface area contributed by atoms with E-state index in [1.165, 1.54) is 31.5 Å². The highest BCUT2D eigenvalue weighted by Gasteiger charge is 2.18. The summed E-state index contributed by atoms with van der Waals surface area (Å²) in [5.74, 6) is 0.555. The molecule has 2 aromatic carbocycles. The fourth-order valence-electron chi connectivity index (χ4n) is 2.48. The van der Waals surface area contributed by atoms with Crippen LogP contribution in [-0.4, -0.2) is 24.2 Å². The van der Waals surface area contributed by atoms with Crippen LogP contribution >= 0.6 is 11.6 Å². The second kappa shape index (κ2) is 8.36. The smallest absolute Gasteiger partial charge is 0.281 e. The zero-order chi connectivity index (χ0) is 20.1. The molecule has 0 unspecified atom stereocenters. The molecule has 1 aromatic heterocycles. The predicted molar refractivity (Wildman–Crippen MR) is 104 cm³/mol. The highest BCUT2D eigenvalue weighted by Crippen LogP contribution is 2.33. The molecule has 0 aliphatic rings. The predicted octanol–water partition coefficient (Wildman–Crippen LogP) is 4.28. The zero-order valence-electron chi connectivity index (χ0n) is 14.6. The first-order valence-electron chi connectivity index (χ1n) is 8.00. The average molecular weight is 400 g/mol. The van der Waals surface area contributed by atoms with Crippen LogP contribution in [0.5, 0.6) is 5.75 Å². The summed E-state index contributed by atoms with van der Waals surface area (Å²) in [6, 6.07) is 14.2. The molecule has 0 atom stereocenters. The van der Waals surface area contributed by atoms with Gasteiger partial charge in [-0.15, -0.1) is 0 Å². The van der Waals surface area contributed by atoms with Crippen molar-refractivity contribution in [3.05, 3.63) is 81.1 Å². The third kappa shape index (κ3) is 4.18. The fraction of sp³-hybridized carbons (Fsp3) is 0.0526. The standard InChI is InChI=1S/C19H14ClN3O5/c1-27-17-5-3-2-4-15(17)19(24)22-21-11-13-7-9-18(28-13)14-8-6-12(20)10-16(14)23(25)26/h2-11H,1H3,(H,22,24)/b21-11-. The van der Waals surface area contributed by atoms with Crippen molar-refractivity contribution in [2.24, 2.45) is 5.10 Å². The maximum absolute atomic E-state index is 12.2. The number of furan rings is 1. The first-order valence-corrected chi connectivity index (χ1v) is 8.38. The lowest BCUT2D eigenvalue weighted by molar-refractivity contribution is -0.384. The van der Waals surface area contributed by atoms with Crippen LogP contribution in [0.15, 0.2) is 64.1 Å². The molecule has 3 aromatic rings. The molecule has 1 amide bonds. The Hall–Kier alpha value is -3.65. The quantitative estimate of drug-likeness (QED) is 0.378. The number of hydrogen-bond acceptors (Lipinski definition) is 6. The normalized spacial score (nSPS) is 10.8. The summed E-state index contributed by atoms with van der Waals surface area (Å²) >= 11 is 5.82. The molecular formula is C19H14ClN3O5. The van der Waals surface area contributed by atoms with Crippen molar-refractivity contribution in [1.82, 2.24) is 5.43 Å². The molecule has 0 saturated heterocycles. The molecule has 28 heavy (non-hydrogen) atoms. The van der Waals surface area contributed by atoms with Crippen molar-refractivity contribution < 1.29 is 18.9 Å². The summed E-state index contributed by atoms with van der Waals surface area (Å²) in [6.45, 7) is 0. The van der Waals surface area contributed by atoms with Gasteiger partial charge in [0, 0.05) is 11.1 Å². The molecule has 0 spiro atoms. The molecule has 3 rings (SSSR count). The van der Waals surface area contributed by atoms with Gasteiger partial charge in [0.25, 0.3) is 11.6 Å². The lowest BCUT2D eigenvalue weighted by Gasteiger charge is -2.05. The van der Waals surface area contributed by atoms with Crippen molar-refractivity contribution in [2.45, 2.75) is 0 Å². The number of hydrazone groups is 1. The van der Waals surface area contributed by atoms with E-state index in [0.29, 0.717) is 17.1 Å². The van der Waals surface area contributed by atoms with Crippen LogP contribution in [0.4, 0.5) is 5.69 Å². The molecule has 0 saturated carbocycles. The van der Waals surface area contributed by atoms with Crippen LogP contribution in [0, 0.1) is 10.1 Å². The highest BCUT2D eigenvalue weighted by atomic mass is 35.5. The number of methoxy groups -OCH3 is 1. The van der Waals surface area contributed by atoms with E-state index in [2.05, 4.69) is 10.5 Å². The zero-order valence-corrected chi connectivity index (χ0v) is 15.3. The lowest BCUT2D eigenvalue weighted by Crippen LogP contribution is -2.18. The Morgan fingerprint density at radius 2 is 2.04 bits per heavy atom. The van der Waals surface area contributed by atoms with Gasteiger partial charge in [-0.25, -0.2) is 5.43 Å². The Labute approximate surface area is 164 Å². The maximum atomic E-state index is 12.2. The number of nitro groups is 1. The second-order valence-electron chi connectivity index (χ2n) is 5.52. The van der Waals surface area contributed by atoms with Crippen LogP contribution < -0.4 is 10.2 Å². The number of rotatable bonds is 6. The molecular weight excluding hydrogens is 386 g/mol. The van der Waals surface area contributed by atoms with Gasteiger partial charge in [-0.2, -0.15) is 5.10 Å². The highest BCUT2D eigenvalue weighted by molar-refractivity contribution is 6.30. The molecule has 0 aliphatic heterocycles. The second-order valence-corrected chi connectivity index (χ2v) is 5.96. The minimum absolute atomic E-state index is 0.171. The number of amides is 1. The van der Waals surface area contributed by atoms with Crippen molar-refractivity contribution in [3.63, 3.8) is 0 Å². The van der Waals surface area contributed by atoms with Crippen LogP contribution in [0.3, 0.4) is 0 Å². The Bertz CT molecular complexity index is 1060. The number of nitrogens with one attached hydrogen (secondary N) is 1. The van der Waals surface area contributed by atoms with Crippen LogP contribution in [0.25, 0.3) is 11.3 Å². The Kier molecular flexibility index (Phi) is 5.71. The molecule has 8 nitrogen and oxygen atoms in total.